The Kier molecular flexibility index (Phi) is 38.3. The largest absolute Gasteiger partial charge is 0.222 e. The Morgan fingerprint density at radius 1 is 0.429 bits per heavy atom. The molecule has 0 aliphatic rings. The Bertz CT molecular complexity index is 808. The van der Waals surface area contributed by atoms with E-state index in [-0.39, 0.29) is 17.1 Å². The van der Waals surface area contributed by atoms with Crippen molar-refractivity contribution < 1.29 is 69.2 Å². The molecule has 1 radical (unpaired) electrons. The molecule has 9 nitrogen and oxygen atoms in total. The fourth-order valence-electron chi connectivity index (χ4n) is 2.18. The molecule has 35 heavy (non-hydrogen) atoms. The first-order valence-electron chi connectivity index (χ1n) is 8.04. The van der Waals surface area contributed by atoms with Crippen LogP contribution in [0.3, 0.4) is 0 Å². The minimum atomic E-state index is -4.94. The average molecular weight is 557 g/mol. The monoisotopic (exact) mass is 556 g/mol. The normalized spacial score (nSPS) is 7.74. The van der Waals surface area contributed by atoms with Gasteiger partial charge in [0.1, 0.15) is 0 Å². The molecule has 3 rings (SSSR count). The molecule has 0 saturated carbocycles. The molecule has 0 amide bonds. The Balaban J connectivity index is -0.000000160. The number of halogens is 1. The molecule has 3 aromatic carbocycles. The molecule has 0 aliphatic carbocycles. The molecule has 0 bridgehead atoms. The van der Waals surface area contributed by atoms with Gasteiger partial charge in [-0.3, -0.25) is 0 Å². The summed E-state index contributed by atoms with van der Waals surface area (Å²) in [6.45, 7) is 22.5. The van der Waals surface area contributed by atoms with E-state index in [4.69, 9.17) is 41.9 Å². The summed E-state index contributed by atoms with van der Waals surface area (Å²) in [6, 6.07) is 32.3. The third kappa shape index (κ3) is 24.4. The van der Waals surface area contributed by atoms with E-state index in [9.17, 15) is 0 Å². The van der Waals surface area contributed by atoms with Gasteiger partial charge in [0.05, 0.1) is 0 Å². The predicted molar refractivity (Wildman–Crippen MR) is 105 cm³/mol. The first kappa shape index (κ1) is 42.6. The van der Waals surface area contributed by atoms with E-state index in [0.29, 0.717) is 0 Å². The number of hydrogen-bond acceptors (Lipinski definition) is 4. The van der Waals surface area contributed by atoms with Crippen molar-refractivity contribution in [1.82, 2.24) is 0 Å². The van der Waals surface area contributed by atoms with E-state index in [0.717, 1.165) is 0 Å². The van der Waals surface area contributed by atoms with Gasteiger partial charge >= 0.3 is 56.5 Å². The molecule has 0 aliphatic heterocycles. The van der Waals surface area contributed by atoms with Gasteiger partial charge in [0.15, 0.2) is 0 Å². The van der Waals surface area contributed by atoms with Crippen LogP contribution in [0.4, 0.5) is 0 Å². The maximum Gasteiger partial charge on any atom is 0 e. The molecule has 0 aromatic heterocycles. The summed E-state index contributed by atoms with van der Waals surface area (Å²) < 4.78 is 71.5. The molecule has 0 unspecified atom stereocenters. The van der Waals surface area contributed by atoms with Gasteiger partial charge in [-0.25, -0.2) is 18.6 Å². The molecular weight excluding hydrogens is 542 g/mol. The van der Waals surface area contributed by atoms with E-state index in [1.54, 1.807) is 0 Å². The second kappa shape index (κ2) is 31.4. The van der Waals surface area contributed by atoms with Gasteiger partial charge < -0.3 is 0 Å². The molecule has 0 fully saturated rings. The Hall–Kier alpha value is -2.56. The summed E-state index contributed by atoms with van der Waals surface area (Å²) in [5.74, 6) is 0. The van der Waals surface area contributed by atoms with E-state index >= 15 is 0 Å². The third-order valence-electron chi connectivity index (χ3n) is 3.04. The van der Waals surface area contributed by atoms with Crippen LogP contribution in [0.1, 0.15) is 0 Å². The second-order valence-corrected chi connectivity index (χ2v) is 7.70. The SMILES string of the molecule is [C-]#[O+].[C-]#[O+].[C-]#[O+].[C-]#[O+].[C-]#[O+].[Mn].[O-][Cl+3]([O-])([O-])[O-].c1ccc(P(c2ccccc2)c2ccccc2)cc1. The summed E-state index contributed by atoms with van der Waals surface area (Å²) in [5.41, 5.74) is 0. The van der Waals surface area contributed by atoms with Crippen LogP contribution in [0, 0.1) is 43.5 Å². The fraction of sp³-hybridized carbons (Fsp3) is 0. The molecule has 3 aromatic rings. The average Bonchev–Trinajstić information content (AvgIpc) is 2.91. The smallest absolute Gasteiger partial charge is 0 e. The Morgan fingerprint density at radius 2 is 0.571 bits per heavy atom. The molecule has 0 N–H and O–H groups in total. The second-order valence-electron chi connectivity index (χ2n) is 4.72. The molecule has 181 valence electrons. The zero-order valence-electron chi connectivity index (χ0n) is 17.5. The summed E-state index contributed by atoms with van der Waals surface area (Å²) in [7, 11) is -5.39. The first-order chi connectivity index (χ1) is 16.4. The van der Waals surface area contributed by atoms with Gasteiger partial charge in [0.2, 0.25) is 0 Å². The molecule has 0 spiro atoms. The zero-order chi connectivity index (χ0) is 27.4. The van der Waals surface area contributed by atoms with Crippen molar-refractivity contribution >= 4 is 23.8 Å². The quantitative estimate of drug-likeness (QED) is 0.164. The van der Waals surface area contributed by atoms with Crippen molar-refractivity contribution in [2.75, 3.05) is 0 Å². The Morgan fingerprint density at radius 3 is 0.714 bits per heavy atom. The minimum absolute atomic E-state index is 0. The van der Waals surface area contributed by atoms with Gasteiger partial charge in [-0.05, 0) is 23.8 Å². The van der Waals surface area contributed by atoms with Crippen molar-refractivity contribution in [3.05, 3.63) is 124 Å². The van der Waals surface area contributed by atoms with Crippen molar-refractivity contribution in [3.63, 3.8) is 0 Å². The van der Waals surface area contributed by atoms with Crippen LogP contribution in [-0.4, -0.2) is 0 Å². The maximum atomic E-state index is 8.49. The van der Waals surface area contributed by atoms with Crippen molar-refractivity contribution in [1.29, 1.82) is 0 Å². The van der Waals surface area contributed by atoms with Crippen LogP contribution >= 0.6 is 7.92 Å². The fourth-order valence-corrected chi connectivity index (χ4v) is 4.48. The molecule has 12 heteroatoms. The van der Waals surface area contributed by atoms with E-state index < -0.39 is 18.2 Å². The van der Waals surface area contributed by atoms with Gasteiger partial charge in [-0.2, -0.15) is 0 Å². The minimum Gasteiger partial charge on any atom is -0.222 e. The molecule has 0 saturated heterocycles. The van der Waals surface area contributed by atoms with Crippen LogP contribution in [0.5, 0.6) is 0 Å². The van der Waals surface area contributed by atoms with Gasteiger partial charge in [0, 0.05) is 17.1 Å². The van der Waals surface area contributed by atoms with Crippen molar-refractivity contribution in [2.24, 2.45) is 0 Å². The van der Waals surface area contributed by atoms with E-state index in [2.05, 4.69) is 124 Å². The first-order valence-corrected chi connectivity index (χ1v) is 10.6. The van der Waals surface area contributed by atoms with Crippen LogP contribution in [0.25, 0.3) is 0 Å². The van der Waals surface area contributed by atoms with Gasteiger partial charge in [0.25, 0.3) is 0 Å². The van der Waals surface area contributed by atoms with E-state index in [1.807, 2.05) is 0 Å². The summed E-state index contributed by atoms with van der Waals surface area (Å²) >= 11 is 0. The van der Waals surface area contributed by atoms with Gasteiger partial charge in [-0.15, -0.1) is 10.2 Å². The summed E-state index contributed by atoms with van der Waals surface area (Å²) in [6.07, 6.45) is 0. The van der Waals surface area contributed by atoms with Crippen molar-refractivity contribution in [2.45, 2.75) is 0 Å². The van der Waals surface area contributed by atoms with Gasteiger partial charge in [-0.1, -0.05) is 91.0 Å². The van der Waals surface area contributed by atoms with Crippen LogP contribution in [0.2, 0.25) is 0 Å². The molecular formula is C23H15ClMnO9P-. The molecule has 0 heterocycles. The van der Waals surface area contributed by atoms with Crippen LogP contribution in [0.15, 0.2) is 91.0 Å². The topological polar surface area (TPSA) is 192 Å². The van der Waals surface area contributed by atoms with E-state index in [1.165, 1.54) is 15.9 Å². The maximum absolute atomic E-state index is 8.49. The molecule has 0 atom stereocenters. The van der Waals surface area contributed by atoms with Crippen LogP contribution in [-0.2, 0) is 40.3 Å². The number of hydrogen-bond donors (Lipinski definition) is 0. The van der Waals surface area contributed by atoms with Crippen molar-refractivity contribution in [3.8, 4) is 0 Å². The Labute approximate surface area is 217 Å². The summed E-state index contributed by atoms with van der Waals surface area (Å²) in [5, 5.41) is 4.19. The predicted octanol–water partition coefficient (Wildman–Crippen LogP) is -1.50. The summed E-state index contributed by atoms with van der Waals surface area (Å²) in [4.78, 5) is 0. The third-order valence-corrected chi connectivity index (χ3v) is 5.49. The number of benzene rings is 3. The number of rotatable bonds is 3. The zero-order valence-corrected chi connectivity index (χ0v) is 20.4. The standard InChI is InChI=1S/C18H15P.5CO.ClHO4.Mn/c1-4-10-16(11-5-1)19(17-12-6-2-7-13-17)18-14-8-3-9-15-18;5*1-2;2-1(3,4)5;/h1-15H;;;;;;(H,2,3,4,5);/p-1. The van der Waals surface area contributed by atoms with Crippen LogP contribution < -0.4 is 34.5 Å².